The average molecular weight is 861 g/mol. The summed E-state index contributed by atoms with van der Waals surface area (Å²) in [5.74, 6) is -1.38. The van der Waals surface area contributed by atoms with Crippen LogP contribution < -0.4 is 15.2 Å². The van der Waals surface area contributed by atoms with E-state index in [0.29, 0.717) is 12.1 Å². The molecule has 3 heterocycles. The summed E-state index contributed by atoms with van der Waals surface area (Å²) in [6.45, 7) is 1.88. The third-order valence-electron chi connectivity index (χ3n) is 11.2. The predicted octanol–water partition coefficient (Wildman–Crippen LogP) is 6.96. The normalized spacial score (nSPS) is 23.7. The molecule has 1 aliphatic carbocycles. The molecule has 0 spiro atoms. The maximum absolute atomic E-state index is 15.3. The second-order valence-corrected chi connectivity index (χ2v) is 17.1. The number of aliphatic imine (C=N–C) groups is 1. The quantitative estimate of drug-likeness (QED) is 0.0315. The fourth-order valence-corrected chi connectivity index (χ4v) is 8.88. The molecule has 7 atom stereocenters. The van der Waals surface area contributed by atoms with Gasteiger partial charge in [0, 0.05) is 19.9 Å². The Labute approximate surface area is 351 Å². The van der Waals surface area contributed by atoms with Gasteiger partial charge in [-0.25, -0.2) is 14.1 Å². The fraction of sp³-hybridized carbons (Fsp3) is 0.667. The van der Waals surface area contributed by atoms with Crippen LogP contribution in [0.4, 0.5) is 10.2 Å². The fourth-order valence-electron chi connectivity index (χ4n) is 7.89. The van der Waals surface area contributed by atoms with Gasteiger partial charge in [0.2, 0.25) is 5.82 Å². The lowest BCUT2D eigenvalue weighted by Gasteiger charge is -2.32. The van der Waals surface area contributed by atoms with Crippen LogP contribution in [0.3, 0.4) is 0 Å². The number of benzene rings is 1. The van der Waals surface area contributed by atoms with Gasteiger partial charge in [-0.15, -0.1) is 0 Å². The Morgan fingerprint density at radius 1 is 1.03 bits per heavy atom. The van der Waals surface area contributed by atoms with Crippen LogP contribution in [0.25, 0.3) is 5.52 Å². The second kappa shape index (κ2) is 22.4. The summed E-state index contributed by atoms with van der Waals surface area (Å²) in [6, 6.07) is 7.63. The van der Waals surface area contributed by atoms with E-state index in [0.717, 1.165) is 25.7 Å². The minimum atomic E-state index is -4.97. The summed E-state index contributed by atoms with van der Waals surface area (Å²) in [5.41, 5.74) is 2.78. The zero-order valence-corrected chi connectivity index (χ0v) is 35.9. The van der Waals surface area contributed by atoms with Gasteiger partial charge in [-0.1, -0.05) is 103 Å². The number of nitrogens with two attached hydrogens (primary N) is 1. The van der Waals surface area contributed by atoms with Gasteiger partial charge in [-0.05, 0) is 30.7 Å². The van der Waals surface area contributed by atoms with E-state index in [4.69, 9.17) is 33.7 Å². The van der Waals surface area contributed by atoms with E-state index in [9.17, 15) is 24.9 Å². The van der Waals surface area contributed by atoms with Crippen LogP contribution in [-0.4, -0.2) is 99.9 Å². The zero-order valence-electron chi connectivity index (χ0n) is 35.0. The van der Waals surface area contributed by atoms with Crippen molar-refractivity contribution in [3.63, 3.8) is 0 Å². The number of nitriles is 1. The van der Waals surface area contributed by atoms with Gasteiger partial charge in [-0.2, -0.15) is 14.8 Å². The minimum Gasteiger partial charge on any atom is -0.492 e. The first-order chi connectivity index (χ1) is 29.0. The van der Waals surface area contributed by atoms with Crippen LogP contribution in [0.15, 0.2) is 35.6 Å². The largest absolute Gasteiger partial charge is 0.492 e. The molecule has 1 aromatic carbocycles. The number of nitrogens with zero attached hydrogens (tertiary/aromatic N) is 5. The molecular weight excluding hydrogens is 798 g/mol. The molecular formula is C42H62FN6O10P. The standard InChI is InChI=1S/C42H62FN6O10P/c1-4-5-6-7-8-9-10-11-12-13-14-15-16-17-18-19-24-55-26-31(57-33-22-20-30(25-44)36(54-3)35(33)43)27-56-60(52,53)59-38-37-42(38,51)40(50)41(58-37,28-46-2)34-23-21-32-39(45)47-29-48-49(32)34/h20-23,28-29,31,37-38,40,50-51H,4-19,24,26-27H2,1-3H3,(H,52,53)(H2,45,47,48)/t31-,37-,38?,40+,41+,42+/m1/s1. The van der Waals surface area contributed by atoms with Gasteiger partial charge in [0.05, 0.1) is 31.6 Å². The number of hydrogen-bond acceptors (Lipinski definition) is 14. The molecule has 2 unspecified atom stereocenters. The number of ether oxygens (including phenoxy) is 4. The smallest absolute Gasteiger partial charge is 0.472 e. The SMILES string of the molecule is CCCCCCCCCCCCCCCCCCOC[C@H](COP(=O)(O)OC1[C@H]2O[C@@](C=NC)(c3ccc4c(N)ncnn34)[C@H](O)[C@@]12O)Oc1ccc(C#N)c(OC)c1F. The molecule has 0 amide bonds. The van der Waals surface area contributed by atoms with Crippen molar-refractivity contribution in [3.05, 3.63) is 47.7 Å². The number of aliphatic hydroxyl groups excluding tert-OH is 1. The van der Waals surface area contributed by atoms with Gasteiger partial charge in [-0.3, -0.25) is 14.0 Å². The number of rotatable bonds is 29. The summed E-state index contributed by atoms with van der Waals surface area (Å²) in [6.07, 6.45) is 16.7. The van der Waals surface area contributed by atoms with Crippen molar-refractivity contribution in [1.29, 1.82) is 5.26 Å². The van der Waals surface area contributed by atoms with Crippen molar-refractivity contribution in [2.75, 3.05) is 39.7 Å². The number of methoxy groups -OCH3 is 1. The van der Waals surface area contributed by atoms with Crippen molar-refractivity contribution >= 4 is 25.4 Å². The Bertz CT molecular complexity index is 1950. The third-order valence-corrected chi connectivity index (χ3v) is 12.2. The van der Waals surface area contributed by atoms with Crippen molar-refractivity contribution in [1.82, 2.24) is 14.6 Å². The maximum atomic E-state index is 15.3. The van der Waals surface area contributed by atoms with Crippen LogP contribution in [-0.2, 0) is 28.7 Å². The van der Waals surface area contributed by atoms with Crippen molar-refractivity contribution < 1.29 is 52.1 Å². The summed E-state index contributed by atoms with van der Waals surface area (Å²) in [7, 11) is -2.30. The van der Waals surface area contributed by atoms with E-state index in [1.807, 2.05) is 6.07 Å². The lowest BCUT2D eigenvalue weighted by Crippen LogP contribution is -2.49. The van der Waals surface area contributed by atoms with Crippen molar-refractivity contribution in [2.45, 2.75) is 145 Å². The summed E-state index contributed by atoms with van der Waals surface area (Å²) >= 11 is 0. The summed E-state index contributed by atoms with van der Waals surface area (Å²) in [5, 5.41) is 36.6. The Balaban J connectivity index is 1.09. The molecule has 16 nitrogen and oxygen atoms in total. The number of halogens is 1. The van der Waals surface area contributed by atoms with Crippen molar-refractivity contribution in [2.24, 2.45) is 4.99 Å². The molecule has 332 valence electrons. The highest BCUT2D eigenvalue weighted by molar-refractivity contribution is 7.47. The number of phosphoric acid groups is 1. The Morgan fingerprint density at radius 3 is 2.23 bits per heavy atom. The first-order valence-electron chi connectivity index (χ1n) is 21.2. The number of unbranched alkanes of at least 4 members (excludes halogenated alkanes) is 15. The molecule has 5 rings (SSSR count). The Kier molecular flexibility index (Phi) is 17.7. The lowest BCUT2D eigenvalue weighted by molar-refractivity contribution is -0.0971. The van der Waals surface area contributed by atoms with E-state index in [-0.39, 0.29) is 35.2 Å². The van der Waals surface area contributed by atoms with E-state index >= 15 is 4.39 Å². The van der Waals surface area contributed by atoms with Crippen LogP contribution in [0.1, 0.15) is 121 Å². The molecule has 18 heteroatoms. The topological polar surface area (TPSA) is 225 Å². The van der Waals surface area contributed by atoms with Crippen LogP contribution in [0.2, 0.25) is 0 Å². The summed E-state index contributed by atoms with van der Waals surface area (Å²) in [4.78, 5) is 18.8. The van der Waals surface area contributed by atoms with E-state index in [1.165, 1.54) is 120 Å². The first kappa shape index (κ1) is 47.3. The number of aliphatic hydroxyl groups is 2. The number of hydrogen-bond donors (Lipinski definition) is 4. The van der Waals surface area contributed by atoms with E-state index in [2.05, 4.69) is 22.0 Å². The molecule has 1 saturated heterocycles. The molecule has 1 aliphatic heterocycles. The minimum absolute atomic E-state index is 0.0442. The molecule has 2 aromatic heterocycles. The third kappa shape index (κ3) is 11.4. The maximum Gasteiger partial charge on any atom is 0.472 e. The molecule has 5 N–H and O–H groups in total. The molecule has 2 aliphatic rings. The predicted molar refractivity (Wildman–Crippen MR) is 222 cm³/mol. The highest BCUT2D eigenvalue weighted by atomic mass is 31.2. The van der Waals surface area contributed by atoms with E-state index in [1.54, 1.807) is 12.1 Å². The first-order valence-corrected chi connectivity index (χ1v) is 22.7. The number of anilines is 1. The van der Waals surface area contributed by atoms with Crippen LogP contribution >= 0.6 is 7.82 Å². The highest BCUT2D eigenvalue weighted by Gasteiger charge is 2.83. The molecule has 0 radical (unpaired) electrons. The number of phosphoric ester groups is 1. The monoisotopic (exact) mass is 860 g/mol. The average Bonchev–Trinajstić information content (AvgIpc) is 3.47. The molecule has 0 bridgehead atoms. The molecule has 1 saturated carbocycles. The van der Waals surface area contributed by atoms with Crippen LogP contribution in [0, 0.1) is 17.1 Å². The van der Waals surface area contributed by atoms with Gasteiger partial charge in [0.1, 0.15) is 42.3 Å². The Morgan fingerprint density at radius 2 is 1.67 bits per heavy atom. The van der Waals surface area contributed by atoms with Gasteiger partial charge >= 0.3 is 7.82 Å². The number of fused-ring (bicyclic) bond motifs is 2. The highest BCUT2D eigenvalue weighted by Crippen LogP contribution is 2.63. The number of aromatic nitrogens is 3. The van der Waals surface area contributed by atoms with Gasteiger partial charge in [0.25, 0.3) is 0 Å². The van der Waals surface area contributed by atoms with Gasteiger partial charge < -0.3 is 39.8 Å². The molecule has 60 heavy (non-hydrogen) atoms. The lowest BCUT2D eigenvalue weighted by atomic mass is 9.90. The van der Waals surface area contributed by atoms with Crippen molar-refractivity contribution in [3.8, 4) is 17.6 Å². The number of nitrogen functional groups attached to an aromatic ring is 1. The second-order valence-electron chi connectivity index (χ2n) is 15.6. The van der Waals surface area contributed by atoms with E-state index < -0.39 is 55.9 Å². The molecule has 2 fully saturated rings. The molecule has 3 aromatic rings. The summed E-state index contributed by atoms with van der Waals surface area (Å²) < 4.78 is 63.5. The van der Waals surface area contributed by atoms with Crippen LogP contribution in [0.5, 0.6) is 11.5 Å². The van der Waals surface area contributed by atoms with Gasteiger partial charge in [0.15, 0.2) is 28.5 Å². The zero-order chi connectivity index (χ0) is 43.2. The Hall–Kier alpha value is -3.72.